The second kappa shape index (κ2) is 16.3. The van der Waals surface area contributed by atoms with Crippen molar-refractivity contribution in [2.75, 3.05) is 6.61 Å². The Bertz CT molecular complexity index is 371. The fraction of sp³-hybridized carbons (Fsp3) is 1.00. The van der Waals surface area contributed by atoms with Crippen molar-refractivity contribution in [3.05, 3.63) is 0 Å². The van der Waals surface area contributed by atoms with Crippen molar-refractivity contribution in [3.8, 4) is 0 Å². The summed E-state index contributed by atoms with van der Waals surface area (Å²) in [6.07, 6.45) is -0.161. The molecule has 0 aliphatic heterocycles. The molecule has 0 amide bonds. The van der Waals surface area contributed by atoms with E-state index in [1.54, 1.807) is 0 Å². The van der Waals surface area contributed by atoms with Crippen molar-refractivity contribution in [1.29, 1.82) is 0 Å². The predicted octanol–water partition coefficient (Wildman–Crippen LogP) is 2.91. The molecule has 4 atom stereocenters. The van der Waals surface area contributed by atoms with E-state index in [1.807, 2.05) is 34.6 Å². The number of hydrogen-bond donors (Lipinski definition) is 5. The SMILES string of the molecule is CCCCOC(C(O)CCC)(C(O)CCC)C(O)(C(O)CCC)C(O)CCC.[Zr]. The quantitative estimate of drug-likeness (QED) is 0.198. The number of rotatable bonds is 17. The van der Waals surface area contributed by atoms with Crippen molar-refractivity contribution in [2.45, 2.75) is 134 Å². The minimum atomic E-state index is -2.18. The van der Waals surface area contributed by atoms with E-state index in [0.717, 1.165) is 6.42 Å². The molecule has 0 radical (unpaired) electrons. The first-order valence-electron chi connectivity index (χ1n) is 11.3. The Morgan fingerprint density at radius 3 is 1.28 bits per heavy atom. The maximum absolute atomic E-state index is 11.9. The molecule has 0 aliphatic carbocycles. The molecule has 6 nitrogen and oxygen atoms in total. The summed E-state index contributed by atoms with van der Waals surface area (Å²) in [5.41, 5.74) is -4.05. The molecule has 0 heterocycles. The molecule has 5 N–H and O–H groups in total. The monoisotopic (exact) mass is 496 g/mol. The van der Waals surface area contributed by atoms with E-state index in [4.69, 9.17) is 4.74 Å². The zero-order valence-electron chi connectivity index (χ0n) is 19.2. The van der Waals surface area contributed by atoms with E-state index in [2.05, 4.69) is 0 Å². The molecule has 0 bridgehead atoms. The molecule has 29 heavy (non-hydrogen) atoms. The molecule has 0 aromatic heterocycles. The van der Waals surface area contributed by atoms with Crippen LogP contribution in [0.2, 0.25) is 0 Å². The maximum atomic E-state index is 11.9. The topological polar surface area (TPSA) is 110 Å². The van der Waals surface area contributed by atoms with Crippen LogP contribution in [0, 0.1) is 0 Å². The van der Waals surface area contributed by atoms with Crippen LogP contribution in [-0.4, -0.2) is 67.8 Å². The minimum absolute atomic E-state index is 0. The normalized spacial score (nSPS) is 20.1. The van der Waals surface area contributed by atoms with Gasteiger partial charge >= 0.3 is 0 Å². The van der Waals surface area contributed by atoms with Gasteiger partial charge in [-0.3, -0.25) is 0 Å². The second-order valence-electron chi connectivity index (χ2n) is 8.04. The number of ether oxygens (including phenoxy) is 1. The zero-order valence-corrected chi connectivity index (χ0v) is 21.7. The van der Waals surface area contributed by atoms with Gasteiger partial charge in [-0.15, -0.1) is 0 Å². The van der Waals surface area contributed by atoms with Crippen LogP contribution in [0.4, 0.5) is 0 Å². The average Bonchev–Trinajstić information content (AvgIpc) is 2.65. The molecule has 0 fully saturated rings. The van der Waals surface area contributed by atoms with Gasteiger partial charge in [-0.2, -0.15) is 0 Å². The van der Waals surface area contributed by atoms with Gasteiger partial charge in [-0.1, -0.05) is 66.7 Å². The summed E-state index contributed by atoms with van der Waals surface area (Å²) in [5, 5.41) is 56.1. The van der Waals surface area contributed by atoms with Crippen molar-refractivity contribution in [3.63, 3.8) is 0 Å². The van der Waals surface area contributed by atoms with E-state index in [1.165, 1.54) is 0 Å². The van der Waals surface area contributed by atoms with Crippen LogP contribution in [-0.2, 0) is 30.9 Å². The van der Waals surface area contributed by atoms with Crippen LogP contribution in [0.15, 0.2) is 0 Å². The smallest absolute Gasteiger partial charge is 0.153 e. The van der Waals surface area contributed by atoms with Gasteiger partial charge in [-0.25, -0.2) is 0 Å². The molecule has 174 valence electrons. The number of aliphatic hydroxyl groups excluding tert-OH is 4. The van der Waals surface area contributed by atoms with Gasteiger partial charge < -0.3 is 30.3 Å². The zero-order chi connectivity index (χ0) is 21.8. The molecule has 7 heteroatoms. The summed E-state index contributed by atoms with van der Waals surface area (Å²) in [5.74, 6) is 0. The van der Waals surface area contributed by atoms with Crippen LogP contribution < -0.4 is 0 Å². The van der Waals surface area contributed by atoms with Gasteiger partial charge in [0.2, 0.25) is 0 Å². The summed E-state index contributed by atoms with van der Waals surface area (Å²) in [6, 6.07) is 0. The molecule has 0 spiro atoms. The van der Waals surface area contributed by atoms with E-state index in [0.29, 0.717) is 32.1 Å². The van der Waals surface area contributed by atoms with Crippen LogP contribution in [0.1, 0.15) is 98.8 Å². The third kappa shape index (κ3) is 7.62. The van der Waals surface area contributed by atoms with Crippen molar-refractivity contribution in [2.24, 2.45) is 0 Å². The van der Waals surface area contributed by atoms with Crippen molar-refractivity contribution in [1.82, 2.24) is 0 Å². The van der Waals surface area contributed by atoms with Gasteiger partial charge in [0.05, 0.1) is 24.4 Å². The number of unbranched alkanes of at least 4 members (excludes halogenated alkanes) is 1. The number of hydrogen-bond acceptors (Lipinski definition) is 6. The van der Waals surface area contributed by atoms with Crippen molar-refractivity contribution >= 4 is 0 Å². The van der Waals surface area contributed by atoms with Gasteiger partial charge in [0.15, 0.2) is 5.60 Å². The Balaban J connectivity index is 0. The Kier molecular flexibility index (Phi) is 17.9. The Morgan fingerprint density at radius 1 is 0.621 bits per heavy atom. The van der Waals surface area contributed by atoms with Crippen LogP contribution in [0.3, 0.4) is 0 Å². The molecule has 0 saturated carbocycles. The Morgan fingerprint density at radius 2 is 0.966 bits per heavy atom. The minimum Gasteiger partial charge on any atom is -0.390 e. The fourth-order valence-corrected chi connectivity index (χ4v) is 4.15. The average molecular weight is 498 g/mol. The second-order valence-corrected chi connectivity index (χ2v) is 8.04. The maximum Gasteiger partial charge on any atom is 0.153 e. The van der Waals surface area contributed by atoms with Gasteiger partial charge in [-0.05, 0) is 32.1 Å². The fourth-order valence-electron chi connectivity index (χ4n) is 4.15. The van der Waals surface area contributed by atoms with Crippen molar-refractivity contribution < 1.29 is 56.5 Å². The molecule has 0 rings (SSSR count). The third-order valence-corrected chi connectivity index (χ3v) is 5.72. The largest absolute Gasteiger partial charge is 0.390 e. The molecule has 0 aromatic carbocycles. The predicted molar refractivity (Wildman–Crippen MR) is 112 cm³/mol. The molecular formula is C22H46O6Zr. The third-order valence-electron chi connectivity index (χ3n) is 5.72. The Labute approximate surface area is 197 Å². The molecule has 4 unspecified atom stereocenters. The van der Waals surface area contributed by atoms with E-state index in [9.17, 15) is 25.5 Å². The summed E-state index contributed by atoms with van der Waals surface area (Å²) in [4.78, 5) is 0. The summed E-state index contributed by atoms with van der Waals surface area (Å²) < 4.78 is 6.13. The first-order valence-corrected chi connectivity index (χ1v) is 11.3. The molecule has 0 saturated heterocycles. The van der Waals surface area contributed by atoms with Crippen LogP contribution >= 0.6 is 0 Å². The summed E-state index contributed by atoms with van der Waals surface area (Å²) >= 11 is 0. The van der Waals surface area contributed by atoms with Gasteiger partial charge in [0.1, 0.15) is 5.60 Å². The van der Waals surface area contributed by atoms with Gasteiger partial charge in [0, 0.05) is 32.8 Å². The van der Waals surface area contributed by atoms with E-state index in [-0.39, 0.29) is 58.5 Å². The standard InChI is InChI=1S/C22H46O6.Zr/c1-6-11-16-28-22(19(25)14-9-4,20(26)15-10-5)21(27,17(23)12-7-2)18(24)13-8-3;/h17-20,23-27H,6-16H2,1-5H3;. The first-order chi connectivity index (χ1) is 13.2. The van der Waals surface area contributed by atoms with Gasteiger partial charge in [0.25, 0.3) is 0 Å². The van der Waals surface area contributed by atoms with Crippen LogP contribution in [0.5, 0.6) is 0 Å². The summed E-state index contributed by atoms with van der Waals surface area (Å²) in [7, 11) is 0. The van der Waals surface area contributed by atoms with Crippen LogP contribution in [0.25, 0.3) is 0 Å². The van der Waals surface area contributed by atoms with E-state index < -0.39 is 35.6 Å². The Hall–Kier alpha value is 0.643. The number of aliphatic hydroxyl groups is 5. The first kappa shape index (κ1) is 31.8. The summed E-state index contributed by atoms with van der Waals surface area (Å²) in [6.45, 7) is 9.77. The molecule has 0 aromatic rings. The molecular weight excluding hydrogens is 451 g/mol. The molecule has 0 aliphatic rings. The van der Waals surface area contributed by atoms with E-state index >= 15 is 0 Å².